The Balaban J connectivity index is 2.19. The van der Waals surface area contributed by atoms with Crippen molar-refractivity contribution in [3.05, 3.63) is 0 Å². The Hall–Kier alpha value is -0.770. The van der Waals surface area contributed by atoms with Crippen molar-refractivity contribution in [2.75, 3.05) is 20.6 Å². The fourth-order valence-corrected chi connectivity index (χ4v) is 2.10. The van der Waals surface area contributed by atoms with Crippen LogP contribution in [-0.2, 0) is 0 Å². The lowest BCUT2D eigenvalue weighted by Gasteiger charge is -2.32. The summed E-state index contributed by atoms with van der Waals surface area (Å²) in [5.74, 6) is 0.544. The SMILES string of the molecule is CN(C)C1CCC(CNC(=O)O)CC1. The molecule has 0 heterocycles. The van der Waals surface area contributed by atoms with Crippen LogP contribution in [0.3, 0.4) is 0 Å². The van der Waals surface area contributed by atoms with Gasteiger partial charge in [0, 0.05) is 12.6 Å². The van der Waals surface area contributed by atoms with Gasteiger partial charge < -0.3 is 15.3 Å². The smallest absolute Gasteiger partial charge is 0.404 e. The number of carboxylic acid groups (broad SMARTS) is 1. The quantitative estimate of drug-likeness (QED) is 0.723. The summed E-state index contributed by atoms with van der Waals surface area (Å²) in [6.07, 6.45) is 3.77. The van der Waals surface area contributed by atoms with Gasteiger partial charge in [-0.1, -0.05) is 0 Å². The number of hydrogen-bond acceptors (Lipinski definition) is 2. The largest absolute Gasteiger partial charge is 0.465 e. The average molecular weight is 200 g/mol. The van der Waals surface area contributed by atoms with Crippen molar-refractivity contribution in [1.82, 2.24) is 10.2 Å². The molecule has 0 aromatic heterocycles. The van der Waals surface area contributed by atoms with E-state index in [0.717, 1.165) is 12.8 Å². The van der Waals surface area contributed by atoms with Crippen LogP contribution in [0.2, 0.25) is 0 Å². The Morgan fingerprint density at radius 2 is 1.93 bits per heavy atom. The first-order valence-corrected chi connectivity index (χ1v) is 5.23. The molecule has 0 aromatic rings. The third-order valence-electron chi connectivity index (χ3n) is 3.09. The van der Waals surface area contributed by atoms with Gasteiger partial charge in [0.15, 0.2) is 0 Å². The van der Waals surface area contributed by atoms with Crippen LogP contribution in [0.1, 0.15) is 25.7 Å². The molecule has 0 saturated heterocycles. The fourth-order valence-electron chi connectivity index (χ4n) is 2.10. The standard InChI is InChI=1S/C10H20N2O2/c1-12(2)9-5-3-8(4-6-9)7-11-10(13)14/h8-9,11H,3-7H2,1-2H3,(H,13,14). The summed E-state index contributed by atoms with van der Waals surface area (Å²) in [5.41, 5.74) is 0. The predicted molar refractivity (Wildman–Crippen MR) is 55.5 cm³/mol. The Kier molecular flexibility index (Phi) is 4.20. The summed E-state index contributed by atoms with van der Waals surface area (Å²) in [7, 11) is 4.22. The molecule has 1 aliphatic carbocycles. The van der Waals surface area contributed by atoms with Crippen molar-refractivity contribution < 1.29 is 9.90 Å². The lowest BCUT2D eigenvalue weighted by Crippen LogP contribution is -2.36. The van der Waals surface area contributed by atoms with Gasteiger partial charge in [0.25, 0.3) is 0 Å². The monoisotopic (exact) mass is 200 g/mol. The molecule has 0 spiro atoms. The molecule has 14 heavy (non-hydrogen) atoms. The summed E-state index contributed by atoms with van der Waals surface area (Å²) in [4.78, 5) is 12.6. The van der Waals surface area contributed by atoms with E-state index in [9.17, 15) is 4.79 Å². The second kappa shape index (κ2) is 5.20. The number of rotatable bonds is 3. The van der Waals surface area contributed by atoms with E-state index in [1.165, 1.54) is 12.8 Å². The van der Waals surface area contributed by atoms with Gasteiger partial charge in [-0.25, -0.2) is 4.79 Å². The summed E-state index contributed by atoms with van der Waals surface area (Å²) >= 11 is 0. The lowest BCUT2D eigenvalue weighted by molar-refractivity contribution is 0.176. The third kappa shape index (κ3) is 3.54. The molecule has 4 heteroatoms. The van der Waals surface area contributed by atoms with E-state index in [-0.39, 0.29) is 0 Å². The Labute approximate surface area is 85.3 Å². The van der Waals surface area contributed by atoms with Crippen LogP contribution in [0.5, 0.6) is 0 Å². The van der Waals surface area contributed by atoms with E-state index in [1.54, 1.807) is 0 Å². The van der Waals surface area contributed by atoms with Crippen LogP contribution in [0.4, 0.5) is 4.79 Å². The van der Waals surface area contributed by atoms with Crippen LogP contribution in [-0.4, -0.2) is 42.8 Å². The van der Waals surface area contributed by atoms with Gasteiger partial charge in [0.1, 0.15) is 0 Å². The van der Waals surface area contributed by atoms with Crippen molar-refractivity contribution in [3.63, 3.8) is 0 Å². The summed E-state index contributed by atoms with van der Waals surface area (Å²) < 4.78 is 0. The maximum absolute atomic E-state index is 10.3. The van der Waals surface area contributed by atoms with E-state index < -0.39 is 6.09 Å². The highest BCUT2D eigenvalue weighted by atomic mass is 16.4. The highest BCUT2D eigenvalue weighted by Crippen LogP contribution is 2.25. The molecule has 4 nitrogen and oxygen atoms in total. The van der Waals surface area contributed by atoms with Crippen LogP contribution in [0.25, 0.3) is 0 Å². The zero-order valence-corrected chi connectivity index (χ0v) is 8.99. The van der Waals surface area contributed by atoms with E-state index in [0.29, 0.717) is 18.5 Å². The molecule has 1 fully saturated rings. The van der Waals surface area contributed by atoms with Crippen LogP contribution >= 0.6 is 0 Å². The number of nitrogens with zero attached hydrogens (tertiary/aromatic N) is 1. The Morgan fingerprint density at radius 3 is 2.36 bits per heavy atom. The first-order valence-electron chi connectivity index (χ1n) is 5.23. The van der Waals surface area contributed by atoms with Gasteiger partial charge in [0.2, 0.25) is 0 Å². The van der Waals surface area contributed by atoms with Crippen molar-refractivity contribution >= 4 is 6.09 Å². The van der Waals surface area contributed by atoms with Crippen LogP contribution in [0, 0.1) is 5.92 Å². The Bertz CT molecular complexity index is 187. The molecule has 0 bridgehead atoms. The van der Waals surface area contributed by atoms with E-state index >= 15 is 0 Å². The average Bonchev–Trinajstić information content (AvgIpc) is 2.15. The number of carbonyl (C=O) groups is 1. The first kappa shape index (κ1) is 11.3. The van der Waals surface area contributed by atoms with Crippen LogP contribution in [0.15, 0.2) is 0 Å². The molecule has 0 atom stereocenters. The molecule has 0 radical (unpaired) electrons. The maximum atomic E-state index is 10.3. The zero-order valence-electron chi connectivity index (χ0n) is 8.99. The summed E-state index contributed by atoms with van der Waals surface area (Å²) in [5, 5.41) is 10.9. The summed E-state index contributed by atoms with van der Waals surface area (Å²) in [6, 6.07) is 0.691. The second-order valence-electron chi connectivity index (χ2n) is 4.32. The minimum Gasteiger partial charge on any atom is -0.465 e. The molecule has 0 unspecified atom stereocenters. The van der Waals surface area contributed by atoms with Gasteiger partial charge in [-0.3, -0.25) is 0 Å². The molecule has 82 valence electrons. The van der Waals surface area contributed by atoms with E-state index in [2.05, 4.69) is 24.3 Å². The summed E-state index contributed by atoms with van der Waals surface area (Å²) in [6.45, 7) is 0.621. The molecular weight excluding hydrogens is 180 g/mol. The molecular formula is C10H20N2O2. The van der Waals surface area contributed by atoms with E-state index in [1.807, 2.05) is 0 Å². The normalized spacial score (nSPS) is 27.6. The highest BCUT2D eigenvalue weighted by Gasteiger charge is 2.22. The van der Waals surface area contributed by atoms with Crippen molar-refractivity contribution in [2.24, 2.45) is 5.92 Å². The second-order valence-corrected chi connectivity index (χ2v) is 4.32. The molecule has 0 aliphatic heterocycles. The number of amides is 1. The molecule has 1 amide bonds. The maximum Gasteiger partial charge on any atom is 0.404 e. The fraction of sp³-hybridized carbons (Fsp3) is 0.900. The molecule has 2 N–H and O–H groups in total. The molecule has 1 rings (SSSR count). The van der Waals surface area contributed by atoms with Crippen molar-refractivity contribution in [3.8, 4) is 0 Å². The minimum atomic E-state index is -0.903. The molecule has 1 aliphatic rings. The molecule has 0 aromatic carbocycles. The predicted octanol–water partition coefficient (Wildman–Crippen LogP) is 1.37. The van der Waals surface area contributed by atoms with Gasteiger partial charge in [-0.05, 0) is 45.7 Å². The van der Waals surface area contributed by atoms with Gasteiger partial charge in [-0.15, -0.1) is 0 Å². The van der Waals surface area contributed by atoms with E-state index in [4.69, 9.17) is 5.11 Å². The van der Waals surface area contributed by atoms with Crippen LogP contribution < -0.4 is 5.32 Å². The first-order chi connectivity index (χ1) is 6.59. The highest BCUT2D eigenvalue weighted by molar-refractivity contribution is 5.64. The Morgan fingerprint density at radius 1 is 1.36 bits per heavy atom. The topological polar surface area (TPSA) is 52.6 Å². The third-order valence-corrected chi connectivity index (χ3v) is 3.09. The van der Waals surface area contributed by atoms with Gasteiger partial charge >= 0.3 is 6.09 Å². The lowest BCUT2D eigenvalue weighted by atomic mass is 9.85. The van der Waals surface area contributed by atoms with Crippen molar-refractivity contribution in [2.45, 2.75) is 31.7 Å². The molecule has 1 saturated carbocycles. The zero-order chi connectivity index (χ0) is 10.6. The van der Waals surface area contributed by atoms with Gasteiger partial charge in [-0.2, -0.15) is 0 Å². The van der Waals surface area contributed by atoms with Crippen molar-refractivity contribution in [1.29, 1.82) is 0 Å². The minimum absolute atomic E-state index is 0.544. The van der Waals surface area contributed by atoms with Gasteiger partial charge in [0.05, 0.1) is 0 Å². The number of nitrogens with one attached hydrogen (secondary N) is 1. The number of hydrogen-bond donors (Lipinski definition) is 2.